The smallest absolute Gasteiger partial charge is 0.334 e. The van der Waals surface area contributed by atoms with E-state index < -0.39 is 11.5 Å². The monoisotopic (exact) mass is 313 g/mol. The molecule has 5 heteroatoms. The Hall–Kier alpha value is -1.36. The maximum atomic E-state index is 11.7. The predicted octanol–water partition coefficient (Wildman–Crippen LogP) is 2.62. The van der Waals surface area contributed by atoms with Crippen molar-refractivity contribution in [3.63, 3.8) is 0 Å². The first kappa shape index (κ1) is 14.7. The summed E-state index contributed by atoms with van der Waals surface area (Å²) >= 11 is 3.33. The Kier molecular flexibility index (Phi) is 4.90. The normalized spacial score (nSPS) is 13.7. The molecule has 4 nitrogen and oxygen atoms in total. The molecule has 1 amide bonds. The van der Waals surface area contributed by atoms with Gasteiger partial charge in [0.15, 0.2) is 5.54 Å². The first-order valence-electron chi connectivity index (χ1n) is 5.74. The molecule has 0 radical (unpaired) electrons. The van der Waals surface area contributed by atoms with E-state index in [1.165, 1.54) is 4.90 Å². The number of nitrogens with zero attached hydrogens (tertiary/aromatic N) is 1. The molecule has 0 fully saturated rings. The number of carboxylic acids is 1. The van der Waals surface area contributed by atoms with E-state index in [1.54, 1.807) is 32.0 Å². The molecule has 0 heterocycles. The predicted molar refractivity (Wildman–Crippen MR) is 72.2 cm³/mol. The van der Waals surface area contributed by atoms with Gasteiger partial charge in [-0.25, -0.2) is 4.79 Å². The van der Waals surface area contributed by atoms with Gasteiger partial charge in [0.1, 0.15) is 0 Å². The lowest BCUT2D eigenvalue weighted by Crippen LogP contribution is -2.51. The van der Waals surface area contributed by atoms with Crippen molar-refractivity contribution in [1.82, 2.24) is 4.90 Å². The number of carboxylic acid groups (broad SMARTS) is 1. The summed E-state index contributed by atoms with van der Waals surface area (Å²) in [5.41, 5.74) is -0.707. The Morgan fingerprint density at radius 1 is 1.50 bits per heavy atom. The van der Waals surface area contributed by atoms with Crippen LogP contribution in [0.25, 0.3) is 0 Å². The van der Waals surface area contributed by atoms with Gasteiger partial charge < -0.3 is 10.0 Å². The van der Waals surface area contributed by atoms with Gasteiger partial charge in [-0.2, -0.15) is 0 Å². The number of amides is 1. The molecular formula is C13H16BrNO3. The molecule has 0 aliphatic carbocycles. The van der Waals surface area contributed by atoms with E-state index in [-0.39, 0.29) is 0 Å². The Bertz CT molecular complexity index is 450. The molecular weight excluding hydrogens is 298 g/mol. The van der Waals surface area contributed by atoms with Crippen LogP contribution in [0.5, 0.6) is 0 Å². The highest BCUT2D eigenvalue weighted by Crippen LogP contribution is 2.33. The van der Waals surface area contributed by atoms with Gasteiger partial charge in [0.05, 0.1) is 0 Å². The lowest BCUT2D eigenvalue weighted by molar-refractivity contribution is -0.156. The molecule has 18 heavy (non-hydrogen) atoms. The summed E-state index contributed by atoms with van der Waals surface area (Å²) in [5.74, 6) is -1.02. The third kappa shape index (κ3) is 2.41. The van der Waals surface area contributed by atoms with Crippen LogP contribution >= 0.6 is 15.9 Å². The number of halogens is 1. The first-order valence-corrected chi connectivity index (χ1v) is 6.53. The van der Waals surface area contributed by atoms with E-state index in [2.05, 4.69) is 15.9 Å². The van der Waals surface area contributed by atoms with E-state index >= 15 is 0 Å². The minimum atomic E-state index is -1.31. The number of carbonyl (C=O) groups excluding carboxylic acids is 1. The molecule has 98 valence electrons. The topological polar surface area (TPSA) is 57.6 Å². The molecule has 1 unspecified atom stereocenters. The molecule has 1 aromatic rings. The number of likely N-dealkylation sites (N-methyl/N-ethyl adjacent to an activating group) is 1. The summed E-state index contributed by atoms with van der Waals surface area (Å²) in [6.45, 7) is 3.87. The highest BCUT2D eigenvalue weighted by molar-refractivity contribution is 9.10. The maximum Gasteiger partial charge on any atom is 0.334 e. The van der Waals surface area contributed by atoms with Crippen LogP contribution in [-0.2, 0) is 15.1 Å². The lowest BCUT2D eigenvalue weighted by atomic mass is 9.85. The van der Waals surface area contributed by atoms with Crippen molar-refractivity contribution in [3.05, 3.63) is 34.3 Å². The van der Waals surface area contributed by atoms with Crippen molar-refractivity contribution >= 4 is 28.3 Å². The van der Waals surface area contributed by atoms with Crippen molar-refractivity contribution in [2.24, 2.45) is 0 Å². The Balaban J connectivity index is 3.45. The van der Waals surface area contributed by atoms with Crippen LogP contribution in [0.4, 0.5) is 0 Å². The average Bonchev–Trinajstić information content (AvgIpc) is 2.35. The minimum absolute atomic E-state index is 0.311. The largest absolute Gasteiger partial charge is 0.479 e. The van der Waals surface area contributed by atoms with Crippen molar-refractivity contribution in [1.29, 1.82) is 0 Å². The second-order valence-corrected chi connectivity index (χ2v) is 4.84. The zero-order valence-corrected chi connectivity index (χ0v) is 12.0. The van der Waals surface area contributed by atoms with Crippen molar-refractivity contribution in [2.45, 2.75) is 25.8 Å². The fraction of sp³-hybridized carbons (Fsp3) is 0.385. The second-order valence-electron chi connectivity index (χ2n) is 3.92. The van der Waals surface area contributed by atoms with E-state index in [0.29, 0.717) is 24.9 Å². The molecule has 0 aromatic heterocycles. The Labute approximate surface area is 115 Å². The summed E-state index contributed by atoms with van der Waals surface area (Å²) < 4.78 is 0.793. The van der Waals surface area contributed by atoms with Crippen LogP contribution < -0.4 is 0 Å². The van der Waals surface area contributed by atoms with Gasteiger partial charge in [0, 0.05) is 11.0 Å². The molecule has 0 aliphatic heterocycles. The summed E-state index contributed by atoms with van der Waals surface area (Å²) in [7, 11) is 0. The van der Waals surface area contributed by atoms with Crippen molar-refractivity contribution in [2.75, 3.05) is 6.54 Å². The molecule has 1 aromatic carbocycles. The van der Waals surface area contributed by atoms with Crippen LogP contribution in [0.15, 0.2) is 28.7 Å². The zero-order valence-electron chi connectivity index (χ0n) is 10.4. The van der Waals surface area contributed by atoms with Crippen LogP contribution in [0, 0.1) is 0 Å². The SMILES string of the molecule is CCN(C=O)C(CC)(C(=O)O)c1cccc(Br)c1. The molecule has 1 N–H and O–H groups in total. The van der Waals surface area contributed by atoms with Crippen LogP contribution in [0.3, 0.4) is 0 Å². The average molecular weight is 314 g/mol. The van der Waals surface area contributed by atoms with Gasteiger partial charge in [0.2, 0.25) is 6.41 Å². The van der Waals surface area contributed by atoms with Gasteiger partial charge in [-0.05, 0) is 31.0 Å². The van der Waals surface area contributed by atoms with Gasteiger partial charge in [0.25, 0.3) is 0 Å². The van der Waals surface area contributed by atoms with Gasteiger partial charge in [-0.1, -0.05) is 35.0 Å². The fourth-order valence-corrected chi connectivity index (χ4v) is 2.55. The van der Waals surface area contributed by atoms with Crippen LogP contribution in [0.2, 0.25) is 0 Å². The summed E-state index contributed by atoms with van der Waals surface area (Å²) in [5, 5.41) is 9.58. The van der Waals surface area contributed by atoms with Gasteiger partial charge in [-0.15, -0.1) is 0 Å². The quantitative estimate of drug-likeness (QED) is 0.821. The highest BCUT2D eigenvalue weighted by Gasteiger charge is 2.43. The third-order valence-corrected chi connectivity index (χ3v) is 3.62. The number of benzene rings is 1. The van der Waals surface area contributed by atoms with Crippen molar-refractivity contribution in [3.8, 4) is 0 Å². The number of aliphatic carboxylic acids is 1. The molecule has 1 rings (SSSR count). The molecule has 0 spiro atoms. The first-order chi connectivity index (χ1) is 8.52. The third-order valence-electron chi connectivity index (χ3n) is 3.13. The van der Waals surface area contributed by atoms with E-state index in [4.69, 9.17) is 0 Å². The van der Waals surface area contributed by atoms with Gasteiger partial charge >= 0.3 is 5.97 Å². The van der Waals surface area contributed by atoms with Crippen LogP contribution in [0.1, 0.15) is 25.8 Å². The molecule has 0 saturated heterocycles. The lowest BCUT2D eigenvalue weighted by Gasteiger charge is -2.37. The maximum absolute atomic E-state index is 11.7. The summed E-state index contributed by atoms with van der Waals surface area (Å²) in [6, 6.07) is 7.06. The number of hydrogen-bond donors (Lipinski definition) is 1. The zero-order chi connectivity index (χ0) is 13.8. The van der Waals surface area contributed by atoms with Crippen molar-refractivity contribution < 1.29 is 14.7 Å². The Morgan fingerprint density at radius 3 is 2.56 bits per heavy atom. The van der Waals surface area contributed by atoms with Crippen LogP contribution in [-0.4, -0.2) is 28.9 Å². The minimum Gasteiger partial charge on any atom is -0.479 e. The number of rotatable bonds is 6. The highest BCUT2D eigenvalue weighted by atomic mass is 79.9. The molecule has 0 saturated carbocycles. The standard InChI is InChI=1S/C13H16BrNO3/c1-3-13(12(17)18,15(4-2)9-16)10-6-5-7-11(14)8-10/h5-9H,3-4H2,1-2H3,(H,17,18). The number of hydrogen-bond acceptors (Lipinski definition) is 2. The van der Waals surface area contributed by atoms with E-state index in [0.717, 1.165) is 4.47 Å². The van der Waals surface area contributed by atoms with E-state index in [9.17, 15) is 14.7 Å². The molecule has 0 aliphatic rings. The fourth-order valence-electron chi connectivity index (χ4n) is 2.15. The summed E-state index contributed by atoms with van der Waals surface area (Å²) in [6.07, 6.45) is 0.907. The Morgan fingerprint density at radius 2 is 2.17 bits per heavy atom. The van der Waals surface area contributed by atoms with Gasteiger partial charge in [-0.3, -0.25) is 4.79 Å². The van der Waals surface area contributed by atoms with E-state index in [1.807, 2.05) is 6.07 Å². The second kappa shape index (κ2) is 6.00. The summed E-state index contributed by atoms with van der Waals surface area (Å²) in [4.78, 5) is 24.2. The number of carbonyl (C=O) groups is 2. The molecule has 1 atom stereocenters. The molecule has 0 bridgehead atoms.